The average molecular weight is 391 g/mol. The predicted molar refractivity (Wildman–Crippen MR) is 109 cm³/mol. The summed E-state index contributed by atoms with van der Waals surface area (Å²) in [5.74, 6) is 0.0367. The third-order valence-electron chi connectivity index (χ3n) is 4.26. The van der Waals surface area contributed by atoms with E-state index in [1.165, 1.54) is 12.4 Å². The van der Waals surface area contributed by atoms with E-state index in [1.54, 1.807) is 24.2 Å². The van der Waals surface area contributed by atoms with Crippen molar-refractivity contribution in [3.8, 4) is 0 Å². The molecule has 0 aliphatic carbocycles. The van der Waals surface area contributed by atoms with Crippen molar-refractivity contribution in [2.24, 2.45) is 5.73 Å². The Kier molecular flexibility index (Phi) is 4.90. The minimum Gasteiger partial charge on any atom is -0.366 e. The van der Waals surface area contributed by atoms with Gasteiger partial charge in [-0.15, -0.1) is 11.8 Å². The Balaban J connectivity index is 1.66. The van der Waals surface area contributed by atoms with E-state index in [2.05, 4.69) is 30.5 Å². The van der Waals surface area contributed by atoms with Crippen molar-refractivity contribution in [1.82, 2.24) is 25.1 Å². The largest absolute Gasteiger partial charge is 0.366 e. The molecule has 0 spiro atoms. The molecule has 0 bridgehead atoms. The summed E-state index contributed by atoms with van der Waals surface area (Å²) < 4.78 is 0. The van der Waals surface area contributed by atoms with Gasteiger partial charge in [0.25, 0.3) is 5.91 Å². The van der Waals surface area contributed by atoms with Gasteiger partial charge < -0.3 is 11.1 Å². The van der Waals surface area contributed by atoms with Gasteiger partial charge in [0.2, 0.25) is 0 Å². The van der Waals surface area contributed by atoms with Crippen LogP contribution in [-0.2, 0) is 6.42 Å². The molecule has 0 saturated heterocycles. The van der Waals surface area contributed by atoms with Crippen LogP contribution in [-0.4, -0.2) is 37.3 Å². The molecule has 0 aliphatic heterocycles. The highest BCUT2D eigenvalue weighted by molar-refractivity contribution is 7.98. The SMILES string of the molecule is CSc1nccc(Nc2ccc3cn[nH]c3c2)c1Cc1ncc(C(N)=O)cn1. The Morgan fingerprint density at radius 2 is 2.00 bits per heavy atom. The molecule has 140 valence electrons. The smallest absolute Gasteiger partial charge is 0.251 e. The van der Waals surface area contributed by atoms with Crippen LogP contribution in [0.4, 0.5) is 11.4 Å². The number of aromatic amines is 1. The maximum atomic E-state index is 11.2. The Bertz CT molecular complexity index is 1140. The molecule has 4 aromatic rings. The summed E-state index contributed by atoms with van der Waals surface area (Å²) in [6, 6.07) is 7.93. The Morgan fingerprint density at radius 3 is 2.75 bits per heavy atom. The van der Waals surface area contributed by atoms with E-state index in [9.17, 15) is 4.79 Å². The summed E-state index contributed by atoms with van der Waals surface area (Å²) >= 11 is 1.55. The second kappa shape index (κ2) is 7.65. The maximum Gasteiger partial charge on any atom is 0.251 e. The van der Waals surface area contributed by atoms with Gasteiger partial charge in [-0.1, -0.05) is 0 Å². The highest BCUT2D eigenvalue weighted by atomic mass is 32.2. The van der Waals surface area contributed by atoms with Crippen LogP contribution in [0, 0.1) is 0 Å². The number of anilines is 2. The fourth-order valence-corrected chi connectivity index (χ4v) is 3.43. The third-order valence-corrected chi connectivity index (χ3v) is 4.99. The zero-order valence-electron chi connectivity index (χ0n) is 15.0. The van der Waals surface area contributed by atoms with Gasteiger partial charge in [0.15, 0.2) is 0 Å². The first kappa shape index (κ1) is 17.9. The number of hydrogen-bond donors (Lipinski definition) is 3. The number of pyridine rings is 1. The van der Waals surface area contributed by atoms with E-state index in [1.807, 2.05) is 30.5 Å². The number of rotatable bonds is 6. The monoisotopic (exact) mass is 391 g/mol. The standard InChI is InChI=1S/C19H17N7OS/c1-28-19-14(7-17-22-8-12(9-23-17)18(20)27)15(4-5-21-19)25-13-3-2-11-10-24-26-16(11)6-13/h2-6,8-10H,7H2,1H3,(H2,20,27)(H,21,25)(H,24,26). The second-order valence-electron chi connectivity index (χ2n) is 6.07. The number of aromatic nitrogens is 5. The van der Waals surface area contributed by atoms with Crippen LogP contribution in [0.1, 0.15) is 21.7 Å². The summed E-state index contributed by atoms with van der Waals surface area (Å²) in [5, 5.41) is 12.4. The lowest BCUT2D eigenvalue weighted by atomic mass is 10.1. The molecule has 4 N–H and O–H groups in total. The Morgan fingerprint density at radius 1 is 1.18 bits per heavy atom. The van der Waals surface area contributed by atoms with Gasteiger partial charge in [-0.05, 0) is 30.5 Å². The molecule has 3 heterocycles. The third kappa shape index (κ3) is 3.65. The number of primary amides is 1. The van der Waals surface area contributed by atoms with Crippen LogP contribution in [0.3, 0.4) is 0 Å². The van der Waals surface area contributed by atoms with E-state index >= 15 is 0 Å². The number of carbonyl (C=O) groups is 1. The lowest BCUT2D eigenvalue weighted by molar-refractivity contribution is 0.0999. The summed E-state index contributed by atoms with van der Waals surface area (Å²) in [7, 11) is 0. The summed E-state index contributed by atoms with van der Waals surface area (Å²) in [6.45, 7) is 0. The van der Waals surface area contributed by atoms with Gasteiger partial charge in [-0.2, -0.15) is 5.10 Å². The fourth-order valence-electron chi connectivity index (χ4n) is 2.84. The number of hydrogen-bond acceptors (Lipinski definition) is 7. The van der Waals surface area contributed by atoms with Crippen LogP contribution in [0.15, 0.2) is 54.1 Å². The van der Waals surface area contributed by atoms with Crippen molar-refractivity contribution in [1.29, 1.82) is 0 Å². The number of nitrogens with zero attached hydrogens (tertiary/aromatic N) is 4. The molecular weight excluding hydrogens is 374 g/mol. The molecule has 8 nitrogen and oxygen atoms in total. The molecule has 1 aromatic carbocycles. The summed E-state index contributed by atoms with van der Waals surface area (Å²) in [6.07, 6.45) is 8.89. The second-order valence-corrected chi connectivity index (χ2v) is 6.87. The Labute approximate surface area is 165 Å². The summed E-state index contributed by atoms with van der Waals surface area (Å²) in [5.41, 5.74) is 9.32. The van der Waals surface area contributed by atoms with Gasteiger partial charge in [-0.3, -0.25) is 9.89 Å². The molecule has 0 saturated carbocycles. The first-order valence-electron chi connectivity index (χ1n) is 8.47. The van der Waals surface area contributed by atoms with Crippen molar-refractivity contribution < 1.29 is 4.79 Å². The molecule has 0 radical (unpaired) electrons. The van der Waals surface area contributed by atoms with E-state index in [-0.39, 0.29) is 5.56 Å². The molecule has 9 heteroatoms. The minimum atomic E-state index is -0.547. The number of nitrogens with two attached hydrogens (primary N) is 1. The predicted octanol–water partition coefficient (Wildman–Crippen LogP) is 2.90. The van der Waals surface area contributed by atoms with Crippen molar-refractivity contribution in [2.75, 3.05) is 11.6 Å². The van der Waals surface area contributed by atoms with Crippen LogP contribution in [0.25, 0.3) is 10.9 Å². The average Bonchev–Trinajstić information content (AvgIpc) is 3.17. The van der Waals surface area contributed by atoms with Crippen LogP contribution < -0.4 is 11.1 Å². The molecule has 1 amide bonds. The van der Waals surface area contributed by atoms with Gasteiger partial charge in [0.05, 0.1) is 17.3 Å². The van der Waals surface area contributed by atoms with Crippen molar-refractivity contribution in [2.45, 2.75) is 11.4 Å². The van der Waals surface area contributed by atoms with Crippen LogP contribution in [0.5, 0.6) is 0 Å². The number of H-pyrrole nitrogens is 1. The van der Waals surface area contributed by atoms with Crippen molar-refractivity contribution >= 4 is 39.9 Å². The quantitative estimate of drug-likeness (QED) is 0.432. The van der Waals surface area contributed by atoms with E-state index < -0.39 is 5.91 Å². The summed E-state index contributed by atoms with van der Waals surface area (Å²) in [4.78, 5) is 24.2. The zero-order chi connectivity index (χ0) is 19.5. The zero-order valence-corrected chi connectivity index (χ0v) is 15.8. The fraction of sp³-hybridized carbons (Fsp3) is 0.105. The number of nitrogens with one attached hydrogen (secondary N) is 2. The number of amides is 1. The molecule has 3 aromatic heterocycles. The topological polar surface area (TPSA) is 122 Å². The minimum absolute atomic E-state index is 0.284. The van der Waals surface area contributed by atoms with Gasteiger partial charge in [0, 0.05) is 47.3 Å². The molecule has 0 atom stereocenters. The molecule has 28 heavy (non-hydrogen) atoms. The number of carbonyl (C=O) groups excluding carboxylic acids is 1. The number of thioether (sulfide) groups is 1. The van der Waals surface area contributed by atoms with E-state index in [0.717, 1.165) is 32.9 Å². The van der Waals surface area contributed by atoms with E-state index in [4.69, 9.17) is 5.73 Å². The number of fused-ring (bicyclic) bond motifs is 1. The van der Waals surface area contributed by atoms with E-state index in [0.29, 0.717) is 12.2 Å². The highest BCUT2D eigenvalue weighted by Gasteiger charge is 2.13. The lowest BCUT2D eigenvalue weighted by Crippen LogP contribution is -2.12. The highest BCUT2D eigenvalue weighted by Crippen LogP contribution is 2.30. The lowest BCUT2D eigenvalue weighted by Gasteiger charge is -2.14. The molecule has 0 fully saturated rings. The van der Waals surface area contributed by atoms with Gasteiger partial charge >= 0.3 is 0 Å². The Hall–Kier alpha value is -3.46. The van der Waals surface area contributed by atoms with Crippen LogP contribution in [0.2, 0.25) is 0 Å². The maximum absolute atomic E-state index is 11.2. The molecular formula is C19H17N7OS. The first-order chi connectivity index (χ1) is 13.6. The van der Waals surface area contributed by atoms with Gasteiger partial charge in [0.1, 0.15) is 10.9 Å². The normalized spacial score (nSPS) is 10.9. The number of benzene rings is 1. The van der Waals surface area contributed by atoms with Gasteiger partial charge in [-0.25, -0.2) is 15.0 Å². The first-order valence-corrected chi connectivity index (χ1v) is 9.69. The van der Waals surface area contributed by atoms with Crippen molar-refractivity contribution in [3.63, 3.8) is 0 Å². The molecule has 0 aliphatic rings. The van der Waals surface area contributed by atoms with Crippen molar-refractivity contribution in [3.05, 3.63) is 66.0 Å². The molecule has 4 rings (SSSR count). The van der Waals surface area contributed by atoms with Crippen LogP contribution >= 0.6 is 11.8 Å². The molecule has 0 unspecified atom stereocenters.